The number of aromatic hydroxyl groups is 1. The predicted octanol–water partition coefficient (Wildman–Crippen LogP) is 4.45. The summed E-state index contributed by atoms with van der Waals surface area (Å²) in [6, 6.07) is 6.82. The van der Waals surface area contributed by atoms with Crippen LogP contribution in [0, 0.1) is 0 Å². The van der Waals surface area contributed by atoms with Crippen molar-refractivity contribution < 1.29 is 10.2 Å². The largest absolute Gasteiger partial charge is 0.513 e. The molecule has 0 spiro atoms. The minimum absolute atomic E-state index is 0.232. The van der Waals surface area contributed by atoms with Crippen molar-refractivity contribution in [1.29, 1.82) is 0 Å². The Morgan fingerprint density at radius 1 is 1.12 bits per heavy atom. The first kappa shape index (κ1) is 15.0. The van der Waals surface area contributed by atoms with Crippen LogP contribution in [0.2, 0.25) is 0 Å². The van der Waals surface area contributed by atoms with E-state index in [0.717, 1.165) is 11.1 Å². The lowest BCUT2D eigenvalue weighted by Crippen LogP contribution is -1.79. The molecule has 0 unspecified atom stereocenters. The summed E-state index contributed by atoms with van der Waals surface area (Å²) in [7, 11) is 0. The molecule has 0 saturated carbocycles. The Bertz CT molecular complexity index is 393. The minimum atomic E-state index is 0.232. The van der Waals surface area contributed by atoms with Gasteiger partial charge in [-0.15, -0.1) is 0 Å². The van der Waals surface area contributed by atoms with Gasteiger partial charge in [0.2, 0.25) is 0 Å². The number of aliphatic hydroxyl groups is 1. The Labute approximate surface area is 103 Å². The molecule has 0 bridgehead atoms. The Hall–Kier alpha value is -1.96. The fraction of sp³-hybridized carbons (Fsp3) is 0.200. The molecule has 0 atom stereocenters. The molecule has 1 rings (SSSR count). The maximum absolute atomic E-state index is 9.13. The fourth-order valence-electron chi connectivity index (χ4n) is 1.15. The van der Waals surface area contributed by atoms with Crippen LogP contribution in [0.3, 0.4) is 0 Å². The first-order valence-corrected chi connectivity index (χ1v) is 5.63. The van der Waals surface area contributed by atoms with Gasteiger partial charge in [0.15, 0.2) is 0 Å². The summed E-state index contributed by atoms with van der Waals surface area (Å²) in [4.78, 5) is 0. The van der Waals surface area contributed by atoms with Gasteiger partial charge in [0.25, 0.3) is 0 Å². The molecule has 92 valence electrons. The number of phenolic OH excluding ortho intramolecular Hbond substituents is 1. The minimum Gasteiger partial charge on any atom is -0.513 e. The van der Waals surface area contributed by atoms with Crippen LogP contribution in [-0.4, -0.2) is 10.2 Å². The molecule has 0 aliphatic rings. The van der Waals surface area contributed by atoms with Crippen molar-refractivity contribution in [2.75, 3.05) is 0 Å². The third-order valence-electron chi connectivity index (χ3n) is 1.92. The van der Waals surface area contributed by atoms with Gasteiger partial charge in [0.05, 0.1) is 5.76 Å². The van der Waals surface area contributed by atoms with Gasteiger partial charge in [-0.1, -0.05) is 44.7 Å². The molecule has 1 aromatic rings. The summed E-state index contributed by atoms with van der Waals surface area (Å²) in [6.45, 7) is 9.30. The molecular weight excluding hydrogens is 212 g/mol. The molecule has 2 N–H and O–H groups in total. The monoisotopic (exact) mass is 232 g/mol. The van der Waals surface area contributed by atoms with Crippen molar-refractivity contribution in [3.63, 3.8) is 0 Å². The fourth-order valence-corrected chi connectivity index (χ4v) is 1.15. The summed E-state index contributed by atoms with van der Waals surface area (Å²) < 4.78 is 0. The van der Waals surface area contributed by atoms with Crippen LogP contribution in [0.5, 0.6) is 5.75 Å². The molecular formula is C15H20O2. The normalized spacial score (nSPS) is 11.5. The second-order valence-electron chi connectivity index (χ2n) is 3.18. The lowest BCUT2D eigenvalue weighted by atomic mass is 10.1. The van der Waals surface area contributed by atoms with Crippen LogP contribution in [-0.2, 0) is 0 Å². The Morgan fingerprint density at radius 2 is 1.65 bits per heavy atom. The van der Waals surface area contributed by atoms with E-state index in [1.807, 2.05) is 13.8 Å². The number of aliphatic hydroxyl groups excluding tert-OH is 1. The zero-order chi connectivity index (χ0) is 13.3. The van der Waals surface area contributed by atoms with Crippen molar-refractivity contribution in [2.24, 2.45) is 0 Å². The number of hydrogen-bond donors (Lipinski definition) is 2. The highest BCUT2D eigenvalue weighted by Gasteiger charge is 1.96. The second kappa shape index (κ2) is 8.22. The van der Waals surface area contributed by atoms with Gasteiger partial charge in [-0.05, 0) is 36.3 Å². The summed E-state index contributed by atoms with van der Waals surface area (Å²) in [5.74, 6) is 0.476. The van der Waals surface area contributed by atoms with E-state index >= 15 is 0 Å². The van der Waals surface area contributed by atoms with Gasteiger partial charge in [-0.3, -0.25) is 0 Å². The number of allylic oxidation sites excluding steroid dienone is 5. The lowest BCUT2D eigenvalue weighted by Gasteiger charge is -2.01. The molecule has 2 nitrogen and oxygen atoms in total. The van der Waals surface area contributed by atoms with E-state index in [4.69, 9.17) is 10.2 Å². The Kier molecular flexibility index (Phi) is 7.27. The summed E-state index contributed by atoms with van der Waals surface area (Å²) >= 11 is 0. The van der Waals surface area contributed by atoms with E-state index in [1.165, 1.54) is 0 Å². The van der Waals surface area contributed by atoms with Gasteiger partial charge in [0, 0.05) is 0 Å². The standard InChI is InChI=1S/C13H14O2.C2H6/c1-3-11(5-4-10(2)14)12-6-8-13(15)9-7-12;1-2/h3-9,14-15H,1H2,2H3;1-2H3/b10-4+,11-5+;. The smallest absolute Gasteiger partial charge is 0.115 e. The van der Waals surface area contributed by atoms with Gasteiger partial charge in [-0.25, -0.2) is 0 Å². The van der Waals surface area contributed by atoms with E-state index in [9.17, 15) is 0 Å². The predicted molar refractivity (Wildman–Crippen MR) is 74.0 cm³/mol. The highest BCUT2D eigenvalue weighted by Crippen LogP contribution is 2.18. The molecule has 2 heteroatoms. The molecule has 0 aliphatic heterocycles. The van der Waals surface area contributed by atoms with Crippen LogP contribution in [0.25, 0.3) is 5.57 Å². The third kappa shape index (κ3) is 5.61. The van der Waals surface area contributed by atoms with Gasteiger partial charge < -0.3 is 10.2 Å². The van der Waals surface area contributed by atoms with E-state index in [-0.39, 0.29) is 11.5 Å². The summed E-state index contributed by atoms with van der Waals surface area (Å²) in [5.41, 5.74) is 1.84. The summed E-state index contributed by atoms with van der Waals surface area (Å²) in [5, 5.41) is 18.2. The highest BCUT2D eigenvalue weighted by molar-refractivity contribution is 5.74. The number of hydrogen-bond acceptors (Lipinski definition) is 2. The molecule has 0 amide bonds. The van der Waals surface area contributed by atoms with Crippen LogP contribution in [0.1, 0.15) is 26.3 Å². The zero-order valence-corrected chi connectivity index (χ0v) is 10.6. The molecule has 0 aliphatic carbocycles. The van der Waals surface area contributed by atoms with E-state index in [2.05, 4.69) is 6.58 Å². The van der Waals surface area contributed by atoms with Crippen molar-refractivity contribution in [1.82, 2.24) is 0 Å². The van der Waals surface area contributed by atoms with Gasteiger partial charge >= 0.3 is 0 Å². The maximum Gasteiger partial charge on any atom is 0.115 e. The molecule has 0 heterocycles. The molecule has 1 aromatic carbocycles. The molecule has 17 heavy (non-hydrogen) atoms. The van der Waals surface area contributed by atoms with Crippen LogP contribution in [0.4, 0.5) is 0 Å². The lowest BCUT2D eigenvalue weighted by molar-refractivity contribution is 0.414. The van der Waals surface area contributed by atoms with Crippen molar-refractivity contribution in [3.05, 3.63) is 60.4 Å². The van der Waals surface area contributed by atoms with Gasteiger partial charge in [0.1, 0.15) is 5.75 Å². The molecule has 0 fully saturated rings. The SMILES string of the molecule is C=C/C(=C\C=C(/C)O)c1ccc(O)cc1.CC. The highest BCUT2D eigenvalue weighted by atomic mass is 16.3. The Balaban J connectivity index is 0.00000121. The van der Waals surface area contributed by atoms with Crippen LogP contribution < -0.4 is 0 Å². The molecule has 0 saturated heterocycles. The maximum atomic E-state index is 9.13. The topological polar surface area (TPSA) is 40.5 Å². The Morgan fingerprint density at radius 3 is 2.06 bits per heavy atom. The summed E-state index contributed by atoms with van der Waals surface area (Å²) in [6.07, 6.45) is 5.07. The van der Waals surface area contributed by atoms with Crippen molar-refractivity contribution in [2.45, 2.75) is 20.8 Å². The average Bonchev–Trinajstić information content (AvgIpc) is 2.34. The third-order valence-corrected chi connectivity index (χ3v) is 1.92. The zero-order valence-electron chi connectivity index (χ0n) is 10.6. The van der Waals surface area contributed by atoms with E-state index in [0.29, 0.717) is 0 Å². The quantitative estimate of drug-likeness (QED) is 0.597. The molecule has 0 radical (unpaired) electrons. The number of rotatable bonds is 3. The van der Waals surface area contributed by atoms with E-state index < -0.39 is 0 Å². The molecule has 0 aromatic heterocycles. The first-order chi connectivity index (χ1) is 8.13. The van der Waals surface area contributed by atoms with Crippen molar-refractivity contribution >= 4 is 5.57 Å². The second-order valence-corrected chi connectivity index (χ2v) is 3.18. The van der Waals surface area contributed by atoms with Crippen LogP contribution in [0.15, 0.2) is 54.8 Å². The van der Waals surface area contributed by atoms with Crippen LogP contribution >= 0.6 is 0 Å². The average molecular weight is 232 g/mol. The first-order valence-electron chi connectivity index (χ1n) is 5.63. The van der Waals surface area contributed by atoms with Crippen molar-refractivity contribution in [3.8, 4) is 5.75 Å². The number of phenols is 1. The van der Waals surface area contributed by atoms with Gasteiger partial charge in [-0.2, -0.15) is 0 Å². The van der Waals surface area contributed by atoms with E-state index in [1.54, 1.807) is 49.4 Å². The number of benzene rings is 1.